The Morgan fingerprint density at radius 2 is 1.75 bits per heavy atom. The summed E-state index contributed by atoms with van der Waals surface area (Å²) in [5.41, 5.74) is 5.70. The first kappa shape index (κ1) is 15.0. The highest BCUT2D eigenvalue weighted by atomic mass is 35.5. The summed E-state index contributed by atoms with van der Waals surface area (Å²) in [6.45, 7) is 3.20. The molecule has 0 atom stereocenters. The highest BCUT2D eigenvalue weighted by molar-refractivity contribution is 5.85. The average Bonchev–Trinajstić information content (AvgIpc) is 1.95. The Balaban J connectivity index is 0. The second kappa shape index (κ2) is 8.08. The van der Waals surface area contributed by atoms with Crippen LogP contribution in [0.15, 0.2) is 0 Å². The number of rotatable bonds is 2. The van der Waals surface area contributed by atoms with E-state index >= 15 is 0 Å². The normalized spacial score (nSPS) is 19.5. The zero-order valence-corrected chi connectivity index (χ0v) is 8.74. The maximum atomic E-state index is 8.61. The molecule has 76 valence electrons. The minimum atomic E-state index is 0. The van der Waals surface area contributed by atoms with Gasteiger partial charge in [-0.1, -0.05) is 0 Å². The lowest BCUT2D eigenvalue weighted by Crippen LogP contribution is -2.40. The largest absolute Gasteiger partial charge is 0.395 e. The van der Waals surface area contributed by atoms with Gasteiger partial charge in [-0.2, -0.15) is 0 Å². The molecule has 0 aromatic heterocycles. The maximum Gasteiger partial charge on any atom is 0.0558 e. The van der Waals surface area contributed by atoms with E-state index in [0.717, 1.165) is 32.5 Å². The first-order valence-electron chi connectivity index (χ1n) is 3.91. The minimum Gasteiger partial charge on any atom is -0.395 e. The molecule has 0 aromatic rings. The molecule has 0 bridgehead atoms. The molecule has 5 heteroatoms. The van der Waals surface area contributed by atoms with Crippen molar-refractivity contribution in [3.05, 3.63) is 0 Å². The van der Waals surface area contributed by atoms with Crippen LogP contribution >= 0.6 is 24.8 Å². The van der Waals surface area contributed by atoms with Gasteiger partial charge in [-0.3, -0.25) is 0 Å². The smallest absolute Gasteiger partial charge is 0.0558 e. The van der Waals surface area contributed by atoms with Gasteiger partial charge in [-0.25, -0.2) is 0 Å². The van der Waals surface area contributed by atoms with Crippen LogP contribution in [0.5, 0.6) is 0 Å². The summed E-state index contributed by atoms with van der Waals surface area (Å²) in [6, 6.07) is 0.398. The number of nitrogens with zero attached hydrogens (tertiary/aromatic N) is 1. The van der Waals surface area contributed by atoms with Crippen LogP contribution in [0, 0.1) is 0 Å². The van der Waals surface area contributed by atoms with Gasteiger partial charge in [0.15, 0.2) is 0 Å². The maximum absolute atomic E-state index is 8.61. The van der Waals surface area contributed by atoms with Crippen molar-refractivity contribution in [2.24, 2.45) is 5.73 Å². The highest BCUT2D eigenvalue weighted by Crippen LogP contribution is 2.06. The van der Waals surface area contributed by atoms with Gasteiger partial charge in [0, 0.05) is 12.6 Å². The van der Waals surface area contributed by atoms with Gasteiger partial charge >= 0.3 is 0 Å². The van der Waals surface area contributed by atoms with E-state index < -0.39 is 0 Å². The Morgan fingerprint density at radius 3 is 2.17 bits per heavy atom. The van der Waals surface area contributed by atoms with E-state index in [1.807, 2.05) is 0 Å². The molecule has 0 spiro atoms. The molecule has 0 aromatic carbocycles. The van der Waals surface area contributed by atoms with Gasteiger partial charge in [0.2, 0.25) is 0 Å². The number of likely N-dealkylation sites (tertiary alicyclic amines) is 1. The summed E-state index contributed by atoms with van der Waals surface area (Å²) in [5.74, 6) is 0. The Kier molecular flexibility index (Phi) is 10.1. The summed E-state index contributed by atoms with van der Waals surface area (Å²) < 4.78 is 0. The predicted octanol–water partition coefficient (Wildman–Crippen LogP) is 0.245. The lowest BCUT2D eigenvalue weighted by Gasteiger charge is -2.29. The van der Waals surface area contributed by atoms with E-state index in [4.69, 9.17) is 10.8 Å². The summed E-state index contributed by atoms with van der Waals surface area (Å²) in [6.07, 6.45) is 2.17. The first-order valence-corrected chi connectivity index (χ1v) is 3.91. The molecule has 0 saturated carbocycles. The van der Waals surface area contributed by atoms with Crippen LogP contribution in [0.25, 0.3) is 0 Å². The summed E-state index contributed by atoms with van der Waals surface area (Å²) in [4.78, 5) is 2.25. The molecular weight excluding hydrogens is 199 g/mol. The third-order valence-corrected chi connectivity index (χ3v) is 2.05. The lowest BCUT2D eigenvalue weighted by atomic mass is 10.1. The fraction of sp³-hybridized carbons (Fsp3) is 1.00. The molecule has 1 aliphatic rings. The molecule has 0 amide bonds. The standard InChI is InChI=1S/C7H16N2O.2ClH/c8-7-1-3-9(4-2-7)5-6-10;;/h7,10H,1-6,8H2;2*1H. The number of halogens is 2. The van der Waals surface area contributed by atoms with Crippen molar-refractivity contribution < 1.29 is 5.11 Å². The molecule has 1 rings (SSSR count). The van der Waals surface area contributed by atoms with Crippen LogP contribution in [0.2, 0.25) is 0 Å². The molecule has 3 nitrogen and oxygen atoms in total. The molecule has 3 N–H and O–H groups in total. The second-order valence-corrected chi connectivity index (χ2v) is 2.90. The van der Waals surface area contributed by atoms with Gasteiger partial charge in [0.1, 0.15) is 0 Å². The Hall–Kier alpha value is 0.460. The minimum absolute atomic E-state index is 0. The van der Waals surface area contributed by atoms with Crippen LogP contribution in [0.1, 0.15) is 12.8 Å². The molecule has 0 aliphatic carbocycles. The van der Waals surface area contributed by atoms with Crippen molar-refractivity contribution in [1.29, 1.82) is 0 Å². The zero-order chi connectivity index (χ0) is 7.40. The van der Waals surface area contributed by atoms with Crippen molar-refractivity contribution in [3.8, 4) is 0 Å². The average molecular weight is 217 g/mol. The Bertz CT molecular complexity index is 97.4. The molecule has 1 saturated heterocycles. The van der Waals surface area contributed by atoms with Gasteiger partial charge in [0.05, 0.1) is 6.61 Å². The van der Waals surface area contributed by atoms with Crippen molar-refractivity contribution in [2.75, 3.05) is 26.2 Å². The van der Waals surface area contributed by atoms with Crippen molar-refractivity contribution in [1.82, 2.24) is 4.90 Å². The van der Waals surface area contributed by atoms with Crippen LogP contribution in [0.4, 0.5) is 0 Å². The summed E-state index contributed by atoms with van der Waals surface area (Å²) in [5, 5.41) is 8.61. The number of aliphatic hydroxyl groups is 1. The van der Waals surface area contributed by atoms with E-state index in [1.54, 1.807) is 0 Å². The predicted molar refractivity (Wildman–Crippen MR) is 55.2 cm³/mol. The molecular formula is C7H18Cl2N2O. The Morgan fingerprint density at radius 1 is 1.25 bits per heavy atom. The van der Waals surface area contributed by atoms with E-state index in [-0.39, 0.29) is 31.4 Å². The fourth-order valence-electron chi connectivity index (χ4n) is 1.32. The van der Waals surface area contributed by atoms with Crippen LogP contribution in [-0.2, 0) is 0 Å². The van der Waals surface area contributed by atoms with Crippen LogP contribution < -0.4 is 5.73 Å². The van der Waals surface area contributed by atoms with Gasteiger partial charge in [0.25, 0.3) is 0 Å². The monoisotopic (exact) mass is 216 g/mol. The SMILES string of the molecule is Cl.Cl.NC1CCN(CCO)CC1. The van der Waals surface area contributed by atoms with Crippen LogP contribution in [-0.4, -0.2) is 42.3 Å². The van der Waals surface area contributed by atoms with E-state index in [1.165, 1.54) is 0 Å². The lowest BCUT2D eigenvalue weighted by molar-refractivity contribution is 0.165. The Labute approximate surface area is 86.1 Å². The molecule has 0 unspecified atom stereocenters. The third kappa shape index (κ3) is 5.17. The number of piperidine rings is 1. The van der Waals surface area contributed by atoms with Gasteiger partial charge in [-0.15, -0.1) is 24.8 Å². The van der Waals surface area contributed by atoms with Crippen LogP contribution in [0.3, 0.4) is 0 Å². The molecule has 12 heavy (non-hydrogen) atoms. The fourth-order valence-corrected chi connectivity index (χ4v) is 1.32. The van der Waals surface area contributed by atoms with E-state index in [2.05, 4.69) is 4.90 Å². The van der Waals surface area contributed by atoms with Crippen molar-refractivity contribution in [3.63, 3.8) is 0 Å². The number of β-amino-alcohol motifs (C(OH)–C–C–N with tert-alkyl or cyclic N) is 1. The molecule has 1 aliphatic heterocycles. The number of hydrogen-bond donors (Lipinski definition) is 2. The quantitative estimate of drug-likeness (QED) is 0.696. The molecule has 1 fully saturated rings. The zero-order valence-electron chi connectivity index (χ0n) is 7.11. The third-order valence-electron chi connectivity index (χ3n) is 2.05. The van der Waals surface area contributed by atoms with E-state index in [0.29, 0.717) is 6.04 Å². The summed E-state index contributed by atoms with van der Waals surface area (Å²) >= 11 is 0. The number of nitrogens with two attached hydrogens (primary N) is 1. The number of hydrogen-bond acceptors (Lipinski definition) is 3. The highest BCUT2D eigenvalue weighted by Gasteiger charge is 2.14. The van der Waals surface area contributed by atoms with Crippen molar-refractivity contribution >= 4 is 24.8 Å². The van der Waals surface area contributed by atoms with Gasteiger partial charge < -0.3 is 15.7 Å². The topological polar surface area (TPSA) is 49.5 Å². The summed E-state index contributed by atoms with van der Waals surface area (Å²) in [7, 11) is 0. The van der Waals surface area contributed by atoms with E-state index in [9.17, 15) is 0 Å². The first-order chi connectivity index (χ1) is 4.83. The van der Waals surface area contributed by atoms with Crippen molar-refractivity contribution in [2.45, 2.75) is 18.9 Å². The van der Waals surface area contributed by atoms with Gasteiger partial charge in [-0.05, 0) is 25.9 Å². The molecule has 1 heterocycles. The second-order valence-electron chi connectivity index (χ2n) is 2.90. The molecule has 0 radical (unpaired) electrons. The number of aliphatic hydroxyl groups excluding tert-OH is 1.